The SMILES string of the molecule is [Ti][NH]C1CCCCCCCC1. The molecule has 11 heavy (non-hydrogen) atoms. The zero-order valence-electron chi connectivity index (χ0n) is 7.23. The average Bonchev–Trinajstić information content (AvgIpc) is 2.16. The van der Waals surface area contributed by atoms with Crippen LogP contribution in [-0.4, -0.2) is 6.04 Å². The topological polar surface area (TPSA) is 12.0 Å². The Bertz CT molecular complexity index is 85.6. The molecule has 0 saturated heterocycles. The van der Waals surface area contributed by atoms with Crippen molar-refractivity contribution in [1.82, 2.24) is 3.80 Å². The molecule has 0 heterocycles. The summed E-state index contributed by atoms with van der Waals surface area (Å²) in [6, 6.07) is 0.813. The molecule has 1 rings (SSSR count). The van der Waals surface area contributed by atoms with Crippen molar-refractivity contribution in [2.24, 2.45) is 0 Å². The van der Waals surface area contributed by atoms with E-state index in [-0.39, 0.29) is 0 Å². The number of hydrogen-bond donors (Lipinski definition) is 1. The van der Waals surface area contributed by atoms with E-state index in [4.69, 9.17) is 0 Å². The van der Waals surface area contributed by atoms with E-state index in [9.17, 15) is 0 Å². The van der Waals surface area contributed by atoms with Crippen LogP contribution in [0.4, 0.5) is 0 Å². The van der Waals surface area contributed by atoms with Crippen molar-refractivity contribution in [3.05, 3.63) is 0 Å². The molecule has 1 N–H and O–H groups in total. The molecular formula is C9H18NTi. The van der Waals surface area contributed by atoms with Crippen LogP contribution in [0.5, 0.6) is 0 Å². The molecule has 1 nitrogen and oxygen atoms in total. The normalized spacial score (nSPS) is 23.5. The quantitative estimate of drug-likeness (QED) is 0.623. The van der Waals surface area contributed by atoms with Crippen LogP contribution < -0.4 is 3.80 Å². The molecule has 1 aliphatic carbocycles. The molecule has 0 spiro atoms. The van der Waals surface area contributed by atoms with Gasteiger partial charge in [-0.05, 0) is 0 Å². The summed E-state index contributed by atoms with van der Waals surface area (Å²) in [6.45, 7) is 0. The van der Waals surface area contributed by atoms with E-state index < -0.39 is 0 Å². The van der Waals surface area contributed by atoms with Gasteiger partial charge in [0.1, 0.15) is 0 Å². The molecule has 63 valence electrons. The van der Waals surface area contributed by atoms with Crippen LogP contribution in [0.1, 0.15) is 51.4 Å². The van der Waals surface area contributed by atoms with Crippen LogP contribution in [-0.2, 0) is 20.7 Å². The van der Waals surface area contributed by atoms with Crippen LogP contribution >= 0.6 is 0 Å². The van der Waals surface area contributed by atoms with Gasteiger partial charge in [0.15, 0.2) is 0 Å². The molecule has 0 aromatic rings. The van der Waals surface area contributed by atoms with Crippen molar-refractivity contribution in [2.75, 3.05) is 0 Å². The summed E-state index contributed by atoms with van der Waals surface area (Å²) in [5, 5.41) is 0. The van der Waals surface area contributed by atoms with Crippen molar-refractivity contribution in [3.63, 3.8) is 0 Å². The molecule has 0 bridgehead atoms. The van der Waals surface area contributed by atoms with Gasteiger partial charge in [-0.3, -0.25) is 0 Å². The number of hydrogen-bond acceptors (Lipinski definition) is 1. The fourth-order valence-corrected chi connectivity index (χ4v) is 2.23. The molecule has 0 atom stereocenters. The van der Waals surface area contributed by atoms with Gasteiger partial charge in [0.05, 0.1) is 0 Å². The predicted octanol–water partition coefficient (Wildman–Crippen LogP) is 2.54. The van der Waals surface area contributed by atoms with E-state index in [2.05, 4.69) is 24.5 Å². The maximum atomic E-state index is 3.40. The first-order valence-electron chi connectivity index (χ1n) is 4.86. The summed E-state index contributed by atoms with van der Waals surface area (Å²) in [6.07, 6.45) is 11.5. The van der Waals surface area contributed by atoms with Crippen LogP contribution in [0.2, 0.25) is 0 Å². The van der Waals surface area contributed by atoms with Gasteiger partial charge in [0.2, 0.25) is 0 Å². The molecule has 0 radical (unpaired) electrons. The Balaban J connectivity index is 2.19. The van der Waals surface area contributed by atoms with E-state index in [0.717, 1.165) is 6.04 Å². The molecule has 0 unspecified atom stereocenters. The Kier molecular flexibility index (Phi) is 5.52. The molecule has 0 aliphatic heterocycles. The molecule has 1 saturated carbocycles. The molecule has 2 heteroatoms. The van der Waals surface area contributed by atoms with Gasteiger partial charge < -0.3 is 0 Å². The molecule has 0 aromatic carbocycles. The van der Waals surface area contributed by atoms with E-state index >= 15 is 0 Å². The van der Waals surface area contributed by atoms with E-state index in [0.29, 0.717) is 0 Å². The molecule has 1 aliphatic rings. The van der Waals surface area contributed by atoms with Gasteiger partial charge in [-0.2, -0.15) is 0 Å². The Hall–Kier alpha value is 0.674. The first-order valence-corrected chi connectivity index (χ1v) is 5.64. The summed E-state index contributed by atoms with van der Waals surface area (Å²) in [5.41, 5.74) is 0. The Morgan fingerprint density at radius 2 is 1.27 bits per heavy atom. The van der Waals surface area contributed by atoms with Gasteiger partial charge >= 0.3 is 81.9 Å². The zero-order chi connectivity index (χ0) is 7.94. The van der Waals surface area contributed by atoms with Gasteiger partial charge in [-0.15, -0.1) is 0 Å². The fraction of sp³-hybridized carbons (Fsp3) is 1.00. The first-order chi connectivity index (χ1) is 5.43. The fourth-order valence-electron chi connectivity index (χ4n) is 1.78. The van der Waals surface area contributed by atoms with Gasteiger partial charge in [-0.1, -0.05) is 0 Å². The minimum absolute atomic E-state index is 0.813. The van der Waals surface area contributed by atoms with Crippen LogP contribution in [0, 0.1) is 0 Å². The van der Waals surface area contributed by atoms with E-state index in [1.54, 1.807) is 0 Å². The minimum atomic E-state index is 0.813. The van der Waals surface area contributed by atoms with Gasteiger partial charge in [0, 0.05) is 0 Å². The third-order valence-corrected chi connectivity index (χ3v) is 3.20. The van der Waals surface area contributed by atoms with Crippen molar-refractivity contribution in [2.45, 2.75) is 57.4 Å². The number of rotatable bonds is 1. The second-order valence-corrected chi connectivity index (χ2v) is 3.99. The summed E-state index contributed by atoms with van der Waals surface area (Å²) in [7, 11) is 0. The molecule has 0 aromatic heterocycles. The molecule has 0 amide bonds. The second-order valence-electron chi connectivity index (χ2n) is 3.54. The second kappa shape index (κ2) is 6.22. The van der Waals surface area contributed by atoms with Gasteiger partial charge in [-0.25, -0.2) is 0 Å². The Labute approximate surface area is 82.0 Å². The van der Waals surface area contributed by atoms with Crippen molar-refractivity contribution in [1.29, 1.82) is 0 Å². The first kappa shape index (κ1) is 9.76. The summed E-state index contributed by atoms with van der Waals surface area (Å²) >= 11 is 2.10. The molecule has 1 fully saturated rings. The van der Waals surface area contributed by atoms with Crippen molar-refractivity contribution in [3.8, 4) is 0 Å². The summed E-state index contributed by atoms with van der Waals surface area (Å²) < 4.78 is 3.40. The van der Waals surface area contributed by atoms with Crippen molar-refractivity contribution < 1.29 is 20.7 Å². The van der Waals surface area contributed by atoms with Crippen LogP contribution in [0.3, 0.4) is 0 Å². The maximum absolute atomic E-state index is 3.40. The zero-order valence-corrected chi connectivity index (χ0v) is 8.80. The van der Waals surface area contributed by atoms with Gasteiger partial charge in [0.25, 0.3) is 0 Å². The standard InChI is InChI=1S/C9H18N.Ti/c10-9-7-5-3-1-2-4-6-8-9;/h9-10H,1-8H2;/q-1;+1. The van der Waals surface area contributed by atoms with Crippen LogP contribution in [0.15, 0.2) is 0 Å². The Morgan fingerprint density at radius 1 is 0.818 bits per heavy atom. The third kappa shape index (κ3) is 4.30. The monoisotopic (exact) mass is 188 g/mol. The van der Waals surface area contributed by atoms with E-state index in [1.165, 1.54) is 51.4 Å². The predicted molar refractivity (Wildman–Crippen MR) is 43.9 cm³/mol. The Morgan fingerprint density at radius 3 is 1.73 bits per heavy atom. The van der Waals surface area contributed by atoms with E-state index in [1.807, 2.05) is 0 Å². The third-order valence-electron chi connectivity index (χ3n) is 2.56. The molecular weight excluding hydrogens is 170 g/mol. The summed E-state index contributed by atoms with van der Waals surface area (Å²) in [4.78, 5) is 0. The average molecular weight is 188 g/mol. The number of nitrogens with one attached hydrogen (secondary N) is 1. The van der Waals surface area contributed by atoms with Crippen molar-refractivity contribution >= 4 is 0 Å². The van der Waals surface area contributed by atoms with Crippen LogP contribution in [0.25, 0.3) is 0 Å². The summed E-state index contributed by atoms with van der Waals surface area (Å²) in [5.74, 6) is 0.